The summed E-state index contributed by atoms with van der Waals surface area (Å²) in [7, 11) is 0. The maximum atomic E-state index is 8.77. The Morgan fingerprint density at radius 1 is 1.00 bits per heavy atom. The number of nitrogens with two attached hydrogens (primary N) is 1. The van der Waals surface area contributed by atoms with Crippen LogP contribution in [0.2, 0.25) is 13.6 Å². The lowest BCUT2D eigenvalue weighted by molar-refractivity contribution is 0.221. The summed E-state index contributed by atoms with van der Waals surface area (Å²) in [6, 6.07) is 14.4. The molecule has 2 aromatic carbocycles. The molecule has 4 rings (SSSR count). The number of ether oxygens (including phenoxy) is 1. The molecular formula is C22H31B2NO4. The van der Waals surface area contributed by atoms with Crippen molar-refractivity contribution in [3.05, 3.63) is 53.6 Å². The highest BCUT2D eigenvalue weighted by molar-refractivity contribution is 6.68. The molecule has 29 heavy (non-hydrogen) atoms. The molecule has 2 heterocycles. The Balaban J connectivity index is 0.000000176. The number of hydrogen-bond donors (Lipinski definition) is 2. The summed E-state index contributed by atoms with van der Waals surface area (Å²) < 4.78 is 17.3. The van der Waals surface area contributed by atoms with Crippen LogP contribution in [0.25, 0.3) is 0 Å². The summed E-state index contributed by atoms with van der Waals surface area (Å²) in [5.41, 5.74) is 10.6. The molecule has 2 aromatic rings. The van der Waals surface area contributed by atoms with Crippen LogP contribution < -0.4 is 21.4 Å². The minimum atomic E-state index is 0.0975. The van der Waals surface area contributed by atoms with E-state index in [1.54, 1.807) is 0 Å². The molecular weight excluding hydrogens is 364 g/mol. The van der Waals surface area contributed by atoms with Crippen LogP contribution in [0.5, 0.6) is 5.75 Å². The third-order valence-corrected chi connectivity index (χ3v) is 5.52. The second-order valence-electron chi connectivity index (χ2n) is 7.49. The van der Waals surface area contributed by atoms with Gasteiger partial charge in [-0.3, -0.25) is 0 Å². The summed E-state index contributed by atoms with van der Waals surface area (Å²) in [6.45, 7) is 7.85. The monoisotopic (exact) mass is 395 g/mol. The summed E-state index contributed by atoms with van der Waals surface area (Å²) in [5, 5.41) is 8.77. The molecule has 0 saturated heterocycles. The van der Waals surface area contributed by atoms with E-state index in [-0.39, 0.29) is 32.6 Å². The quantitative estimate of drug-likeness (QED) is 0.580. The van der Waals surface area contributed by atoms with Gasteiger partial charge in [0, 0.05) is 19.6 Å². The van der Waals surface area contributed by atoms with Crippen LogP contribution >= 0.6 is 0 Å². The Morgan fingerprint density at radius 2 is 1.72 bits per heavy atom. The highest BCUT2D eigenvalue weighted by atomic mass is 16.5. The number of benzene rings is 2. The van der Waals surface area contributed by atoms with Crippen LogP contribution in [0.4, 0.5) is 0 Å². The van der Waals surface area contributed by atoms with Crippen molar-refractivity contribution in [2.24, 2.45) is 5.73 Å². The van der Waals surface area contributed by atoms with Crippen molar-refractivity contribution >= 4 is 24.8 Å². The van der Waals surface area contributed by atoms with Gasteiger partial charge in [-0.1, -0.05) is 57.0 Å². The van der Waals surface area contributed by atoms with E-state index in [2.05, 4.69) is 38.8 Å². The van der Waals surface area contributed by atoms with E-state index in [1.165, 1.54) is 22.1 Å². The second kappa shape index (κ2) is 10.3. The van der Waals surface area contributed by atoms with E-state index in [4.69, 9.17) is 24.9 Å². The Hall–Kier alpha value is -1.79. The van der Waals surface area contributed by atoms with E-state index >= 15 is 0 Å². The fraction of sp³-hybridized carbons (Fsp3) is 0.455. The third kappa shape index (κ3) is 4.86. The maximum absolute atomic E-state index is 8.77. The van der Waals surface area contributed by atoms with Crippen molar-refractivity contribution in [3.8, 4) is 5.75 Å². The van der Waals surface area contributed by atoms with Crippen LogP contribution in [0, 0.1) is 0 Å². The maximum Gasteiger partial charge on any atom is 0.328 e. The molecule has 2 atom stereocenters. The van der Waals surface area contributed by atoms with Crippen LogP contribution in [-0.2, 0) is 9.31 Å². The number of aliphatic hydroxyl groups excluding tert-OH is 1. The zero-order chi connectivity index (χ0) is 20.8. The van der Waals surface area contributed by atoms with Crippen molar-refractivity contribution < 1.29 is 19.2 Å². The zero-order valence-electron chi connectivity index (χ0n) is 17.6. The fourth-order valence-electron chi connectivity index (χ4n) is 4.10. The predicted molar refractivity (Wildman–Crippen MR) is 120 cm³/mol. The zero-order valence-corrected chi connectivity index (χ0v) is 17.6. The topological polar surface area (TPSA) is 73.9 Å². The van der Waals surface area contributed by atoms with E-state index in [0.29, 0.717) is 19.6 Å². The molecule has 0 spiro atoms. The van der Waals surface area contributed by atoms with Gasteiger partial charge in [0.05, 0.1) is 18.8 Å². The van der Waals surface area contributed by atoms with E-state index in [9.17, 15) is 0 Å². The second-order valence-corrected chi connectivity index (χ2v) is 7.49. The lowest BCUT2D eigenvalue weighted by Gasteiger charge is -2.11. The standard InChI is InChI=1S/C13H19BO3.C9H12BNO/c1-3-11-10-6-4-7-12(16-9-5-8-15)13(10)14(2)17-11;1-10-8-5-3-2-4-7(8)9(6-11)12-10/h4,6-7,11,15H,3,5,8-9H2,1-2H3;2-5,9H,6,11H2,1H3/t11-;9-/m11/s1. The molecule has 0 bridgehead atoms. The molecule has 3 N–H and O–H groups in total. The van der Waals surface area contributed by atoms with Gasteiger partial charge < -0.3 is 24.9 Å². The Labute approximate surface area is 174 Å². The number of fused-ring (bicyclic) bond motifs is 2. The Bertz CT molecular complexity index is 804. The van der Waals surface area contributed by atoms with Crippen LogP contribution in [0.1, 0.15) is 43.1 Å². The van der Waals surface area contributed by atoms with E-state index in [0.717, 1.165) is 12.2 Å². The number of aliphatic hydroxyl groups is 1. The van der Waals surface area contributed by atoms with Gasteiger partial charge in [0.2, 0.25) is 0 Å². The lowest BCUT2D eigenvalue weighted by atomic mass is 9.63. The molecule has 0 aromatic heterocycles. The fourth-order valence-corrected chi connectivity index (χ4v) is 4.10. The van der Waals surface area contributed by atoms with E-state index in [1.807, 2.05) is 24.3 Å². The largest absolute Gasteiger partial charge is 0.494 e. The van der Waals surface area contributed by atoms with Crippen molar-refractivity contribution in [2.75, 3.05) is 19.8 Å². The van der Waals surface area contributed by atoms with Gasteiger partial charge >= 0.3 is 13.8 Å². The van der Waals surface area contributed by atoms with Crippen LogP contribution in [0.3, 0.4) is 0 Å². The van der Waals surface area contributed by atoms with Gasteiger partial charge in [0.25, 0.3) is 0 Å². The molecule has 5 nitrogen and oxygen atoms in total. The highest BCUT2D eigenvalue weighted by Gasteiger charge is 2.33. The van der Waals surface area contributed by atoms with E-state index < -0.39 is 0 Å². The Kier molecular flexibility index (Phi) is 7.78. The third-order valence-electron chi connectivity index (χ3n) is 5.52. The smallest absolute Gasteiger partial charge is 0.328 e. The summed E-state index contributed by atoms with van der Waals surface area (Å²) in [6.07, 6.45) is 1.95. The highest BCUT2D eigenvalue weighted by Crippen LogP contribution is 2.30. The molecule has 0 fully saturated rings. The van der Waals surface area contributed by atoms with Crippen molar-refractivity contribution in [2.45, 2.75) is 45.6 Å². The van der Waals surface area contributed by atoms with Crippen molar-refractivity contribution in [1.82, 2.24) is 0 Å². The molecule has 2 aliphatic rings. The van der Waals surface area contributed by atoms with Gasteiger partial charge in [0.15, 0.2) is 0 Å². The van der Waals surface area contributed by atoms with Gasteiger partial charge in [-0.2, -0.15) is 0 Å². The average molecular weight is 395 g/mol. The molecule has 0 unspecified atom stereocenters. The molecule has 2 aliphatic heterocycles. The molecule has 154 valence electrons. The SMILES string of the molecule is CB1O[C@H](CN)c2ccccc21.CC[C@H]1OB(C)c2c(OCCCO)cccc21. The first kappa shape index (κ1) is 21.9. The van der Waals surface area contributed by atoms with Gasteiger partial charge in [-0.15, -0.1) is 0 Å². The lowest BCUT2D eigenvalue weighted by Crippen LogP contribution is -2.26. The average Bonchev–Trinajstić information content (AvgIpc) is 3.26. The summed E-state index contributed by atoms with van der Waals surface area (Å²) >= 11 is 0. The van der Waals surface area contributed by atoms with Crippen LogP contribution in [-0.4, -0.2) is 38.7 Å². The van der Waals surface area contributed by atoms with Gasteiger partial charge in [0.1, 0.15) is 5.75 Å². The molecule has 7 heteroatoms. The first-order valence-corrected chi connectivity index (χ1v) is 10.6. The van der Waals surface area contributed by atoms with Gasteiger partial charge in [-0.25, -0.2) is 0 Å². The van der Waals surface area contributed by atoms with Crippen molar-refractivity contribution in [1.29, 1.82) is 0 Å². The minimum absolute atomic E-state index is 0.0975. The minimum Gasteiger partial charge on any atom is -0.494 e. The summed E-state index contributed by atoms with van der Waals surface area (Å²) in [4.78, 5) is 0. The number of hydrogen-bond acceptors (Lipinski definition) is 5. The van der Waals surface area contributed by atoms with Crippen LogP contribution in [0.15, 0.2) is 42.5 Å². The Morgan fingerprint density at radius 3 is 2.45 bits per heavy atom. The van der Waals surface area contributed by atoms with Gasteiger partial charge in [-0.05, 0) is 34.5 Å². The first-order chi connectivity index (χ1) is 14.1. The van der Waals surface area contributed by atoms with Crippen molar-refractivity contribution in [3.63, 3.8) is 0 Å². The molecule has 0 saturated carbocycles. The number of rotatable bonds is 6. The first-order valence-electron chi connectivity index (χ1n) is 10.6. The summed E-state index contributed by atoms with van der Waals surface area (Å²) in [5.74, 6) is 0.902. The molecule has 0 amide bonds. The molecule has 0 radical (unpaired) electrons. The normalized spacial score (nSPS) is 19.5. The molecule has 0 aliphatic carbocycles. The predicted octanol–water partition coefficient (Wildman–Crippen LogP) is 2.30.